The summed E-state index contributed by atoms with van der Waals surface area (Å²) in [6.07, 6.45) is 9.77. The van der Waals surface area contributed by atoms with E-state index in [4.69, 9.17) is 19.6 Å². The van der Waals surface area contributed by atoms with Crippen LogP contribution in [-0.2, 0) is 24.4 Å². The van der Waals surface area contributed by atoms with Crippen LogP contribution < -0.4 is 14.2 Å². The zero-order valence-electron chi connectivity index (χ0n) is 30.6. The molecule has 0 radical (unpaired) electrons. The summed E-state index contributed by atoms with van der Waals surface area (Å²) in [6.45, 7) is 6.68. The maximum Gasteiger partial charge on any atom is 0.240 e. The third kappa shape index (κ3) is 6.95. The quantitative estimate of drug-likeness (QED) is 0.300. The molecule has 13 heteroatoms. The Bertz CT molecular complexity index is 2040. The van der Waals surface area contributed by atoms with Gasteiger partial charge < -0.3 is 14.4 Å². The molecule has 7 rings (SSSR count). The van der Waals surface area contributed by atoms with Gasteiger partial charge in [0.25, 0.3) is 0 Å². The van der Waals surface area contributed by atoms with Crippen LogP contribution in [0.4, 0.5) is 0 Å². The van der Waals surface area contributed by atoms with E-state index in [2.05, 4.69) is 18.6 Å². The number of hydrogen-bond donors (Lipinski definition) is 1. The van der Waals surface area contributed by atoms with Crippen LogP contribution in [0.1, 0.15) is 88.8 Å². The zero-order valence-corrected chi connectivity index (χ0v) is 31.4. The van der Waals surface area contributed by atoms with Gasteiger partial charge in [0.15, 0.2) is 5.82 Å². The molecule has 2 aromatic heterocycles. The fourth-order valence-electron chi connectivity index (χ4n) is 8.00. The van der Waals surface area contributed by atoms with Crippen LogP contribution >= 0.6 is 0 Å². The first-order valence-electron chi connectivity index (χ1n) is 18.5. The standard InChI is InChI=1S/C39H49N5O7S/c1-23(2)31-15-17-44(41-31)35-20-34(28-13-14-33(50-5)24(3)36(28)40-35)51-26-18-29-30(19-26)37(46)43(4)16-9-7-6-8-10-25-21-39(25,22-32(29)45)38(47)42-52(48,49)27-11-12-27/h8,10,13-15,17,20,23,25-27,29-30H,6-7,9,11-12,16,18-19,21-22H2,1-5H3,(H,42,47)/b10-8-/t25-,26+,29+,30+,39+/m0/s1. The molecule has 1 aromatic carbocycles. The van der Waals surface area contributed by atoms with Crippen molar-refractivity contribution in [3.05, 3.63) is 53.9 Å². The van der Waals surface area contributed by atoms with Crippen molar-refractivity contribution in [3.63, 3.8) is 0 Å². The highest BCUT2D eigenvalue weighted by molar-refractivity contribution is 7.90. The number of nitrogens with zero attached hydrogens (tertiary/aromatic N) is 4. The number of Topliss-reactive ketones (excluding diaryl/α,β-unsaturated/α-hetero) is 1. The molecule has 2 amide bonds. The molecule has 3 aliphatic carbocycles. The number of amides is 2. The number of hydrogen-bond acceptors (Lipinski definition) is 9. The maximum absolute atomic E-state index is 14.4. The Morgan fingerprint density at radius 1 is 1.08 bits per heavy atom. The third-order valence-corrected chi connectivity index (χ3v) is 13.3. The van der Waals surface area contributed by atoms with E-state index in [-0.39, 0.29) is 36.4 Å². The fraction of sp³-hybridized carbons (Fsp3) is 0.564. The topological polar surface area (TPSA) is 150 Å². The Hall–Kier alpha value is -4.26. The van der Waals surface area contributed by atoms with Crippen LogP contribution in [0.3, 0.4) is 0 Å². The molecule has 0 saturated heterocycles. The molecule has 4 aliphatic rings. The zero-order chi connectivity index (χ0) is 36.9. The summed E-state index contributed by atoms with van der Waals surface area (Å²) in [5.74, 6) is -0.448. The Balaban J connectivity index is 1.21. The van der Waals surface area contributed by atoms with E-state index in [1.54, 1.807) is 23.7 Å². The number of carbonyl (C=O) groups excluding carboxylic acids is 3. The molecule has 3 fully saturated rings. The lowest BCUT2D eigenvalue weighted by molar-refractivity contribution is -0.140. The summed E-state index contributed by atoms with van der Waals surface area (Å²) in [7, 11) is -0.392. The summed E-state index contributed by atoms with van der Waals surface area (Å²) in [4.78, 5) is 48.8. The molecule has 1 N–H and O–H groups in total. The van der Waals surface area contributed by atoms with E-state index < -0.39 is 44.5 Å². The molecular formula is C39H49N5O7S. The first-order valence-corrected chi connectivity index (χ1v) is 20.1. The smallest absolute Gasteiger partial charge is 0.240 e. The van der Waals surface area contributed by atoms with E-state index in [0.29, 0.717) is 55.1 Å². The second-order valence-electron chi connectivity index (χ2n) is 15.5. The van der Waals surface area contributed by atoms with E-state index >= 15 is 0 Å². The minimum absolute atomic E-state index is 0.113. The number of ketones is 1. The van der Waals surface area contributed by atoms with Crippen molar-refractivity contribution in [2.45, 2.75) is 95.8 Å². The Labute approximate surface area is 305 Å². The number of benzene rings is 1. The molecule has 3 heterocycles. The van der Waals surface area contributed by atoms with E-state index in [9.17, 15) is 22.8 Å². The highest BCUT2D eigenvalue weighted by Crippen LogP contribution is 2.58. The Morgan fingerprint density at radius 2 is 1.85 bits per heavy atom. The van der Waals surface area contributed by atoms with E-state index in [1.807, 2.05) is 49.5 Å². The minimum Gasteiger partial charge on any atom is -0.496 e. The largest absolute Gasteiger partial charge is 0.496 e. The lowest BCUT2D eigenvalue weighted by atomic mass is 9.84. The summed E-state index contributed by atoms with van der Waals surface area (Å²) < 4.78 is 42.1. The number of pyridine rings is 1. The summed E-state index contributed by atoms with van der Waals surface area (Å²) in [5.41, 5.74) is 1.31. The van der Waals surface area contributed by atoms with Gasteiger partial charge in [-0.05, 0) is 88.3 Å². The van der Waals surface area contributed by atoms with Gasteiger partial charge in [0, 0.05) is 49.1 Å². The number of carbonyl (C=O) groups is 3. The first kappa shape index (κ1) is 36.1. The number of rotatable bonds is 8. The molecule has 12 nitrogen and oxygen atoms in total. The van der Waals surface area contributed by atoms with Crippen LogP contribution in [0.25, 0.3) is 16.7 Å². The van der Waals surface area contributed by atoms with Crippen molar-refractivity contribution < 1.29 is 32.3 Å². The van der Waals surface area contributed by atoms with Crippen LogP contribution in [0, 0.1) is 30.1 Å². The normalized spacial score (nSPS) is 27.5. The third-order valence-electron chi connectivity index (χ3n) is 11.5. The van der Waals surface area contributed by atoms with Crippen LogP contribution in [0.15, 0.2) is 42.6 Å². The number of aryl methyl sites for hydroxylation is 1. The Kier molecular flexibility index (Phi) is 9.68. The number of methoxy groups -OCH3 is 1. The summed E-state index contributed by atoms with van der Waals surface area (Å²) in [5, 5.41) is 4.97. The van der Waals surface area contributed by atoms with E-state index in [1.165, 1.54) is 0 Å². The van der Waals surface area contributed by atoms with E-state index in [0.717, 1.165) is 35.9 Å². The van der Waals surface area contributed by atoms with Gasteiger partial charge >= 0.3 is 0 Å². The number of allylic oxidation sites excluding steroid dienone is 2. The number of ether oxygens (including phenoxy) is 2. The molecule has 0 bridgehead atoms. The average Bonchev–Trinajstić information content (AvgIpc) is 3.98. The van der Waals surface area contributed by atoms with Crippen LogP contribution in [-0.4, -0.2) is 77.7 Å². The van der Waals surface area contributed by atoms with Gasteiger partial charge in [-0.1, -0.05) is 26.0 Å². The van der Waals surface area contributed by atoms with Crippen molar-refractivity contribution in [2.24, 2.45) is 23.2 Å². The van der Waals surface area contributed by atoms with Crippen molar-refractivity contribution in [1.82, 2.24) is 24.4 Å². The molecule has 52 heavy (non-hydrogen) atoms. The van der Waals surface area contributed by atoms with Crippen molar-refractivity contribution in [3.8, 4) is 17.3 Å². The number of aromatic nitrogens is 3. The molecule has 1 aliphatic heterocycles. The van der Waals surface area contributed by atoms with Gasteiger partial charge in [-0.15, -0.1) is 0 Å². The molecule has 278 valence electrons. The molecule has 0 spiro atoms. The monoisotopic (exact) mass is 731 g/mol. The minimum atomic E-state index is -3.79. The molecule has 3 aromatic rings. The van der Waals surface area contributed by atoms with Gasteiger partial charge in [-0.2, -0.15) is 5.10 Å². The van der Waals surface area contributed by atoms with Gasteiger partial charge in [0.2, 0.25) is 21.8 Å². The highest BCUT2D eigenvalue weighted by Gasteiger charge is 2.61. The van der Waals surface area contributed by atoms with Gasteiger partial charge in [-0.3, -0.25) is 19.1 Å². The summed E-state index contributed by atoms with van der Waals surface area (Å²) in [6, 6.07) is 7.59. The predicted molar refractivity (Wildman–Crippen MR) is 196 cm³/mol. The molecule has 5 atom stereocenters. The van der Waals surface area contributed by atoms with Gasteiger partial charge in [-0.25, -0.2) is 18.1 Å². The lowest BCUT2D eigenvalue weighted by Crippen LogP contribution is -2.42. The van der Waals surface area contributed by atoms with Crippen LogP contribution in [0.2, 0.25) is 0 Å². The highest BCUT2D eigenvalue weighted by atomic mass is 32.2. The fourth-order valence-corrected chi connectivity index (χ4v) is 9.39. The lowest BCUT2D eigenvalue weighted by Gasteiger charge is -2.26. The number of fused-ring (bicyclic) bond motifs is 3. The number of nitrogens with one attached hydrogen (secondary N) is 1. The SMILES string of the molecule is COc1ccc2c(O[C@@H]3C[C@H]4C(=O)C[C@]5(C(=O)NS(=O)(=O)C6CC6)C[C@@H]5/C=C\CCCCN(C)C(=O)[C@@H]4C3)cc(-n3ccc(C(C)C)n3)nc2c1C. The van der Waals surface area contributed by atoms with Crippen molar-refractivity contribution >= 4 is 38.5 Å². The second kappa shape index (κ2) is 13.9. The molecular weight excluding hydrogens is 683 g/mol. The Morgan fingerprint density at radius 3 is 2.56 bits per heavy atom. The van der Waals surface area contributed by atoms with Crippen molar-refractivity contribution in [2.75, 3.05) is 20.7 Å². The second-order valence-corrected chi connectivity index (χ2v) is 17.5. The first-order chi connectivity index (χ1) is 24.8. The number of sulfonamides is 1. The maximum atomic E-state index is 14.4. The summed E-state index contributed by atoms with van der Waals surface area (Å²) >= 11 is 0. The van der Waals surface area contributed by atoms with Crippen LogP contribution in [0.5, 0.6) is 11.5 Å². The van der Waals surface area contributed by atoms with Gasteiger partial charge in [0.1, 0.15) is 23.4 Å². The van der Waals surface area contributed by atoms with Gasteiger partial charge in [0.05, 0.1) is 34.9 Å². The molecule has 3 saturated carbocycles. The average molecular weight is 732 g/mol. The molecule has 0 unspecified atom stereocenters. The predicted octanol–water partition coefficient (Wildman–Crippen LogP) is 5.41. The van der Waals surface area contributed by atoms with Crippen molar-refractivity contribution in [1.29, 1.82) is 0 Å².